The van der Waals surface area contributed by atoms with E-state index in [1.807, 2.05) is 6.20 Å². The maximum atomic E-state index is 13.0. The lowest BCUT2D eigenvalue weighted by molar-refractivity contribution is -0.137. The molecule has 40 heavy (non-hydrogen) atoms. The van der Waals surface area contributed by atoms with E-state index in [2.05, 4.69) is 45.9 Å². The van der Waals surface area contributed by atoms with E-state index in [0.717, 1.165) is 63.4 Å². The number of aromatic nitrogens is 1. The average Bonchev–Trinajstić information content (AvgIpc) is 2.98. The van der Waals surface area contributed by atoms with Crippen LogP contribution in [-0.2, 0) is 19.1 Å². The van der Waals surface area contributed by atoms with Gasteiger partial charge in [0.25, 0.3) is 0 Å². The highest BCUT2D eigenvalue weighted by atomic mass is 19.4. The van der Waals surface area contributed by atoms with Gasteiger partial charge in [0.05, 0.1) is 5.56 Å². The first-order chi connectivity index (χ1) is 19.4. The molecule has 2 aromatic carbocycles. The monoisotopic (exact) mass is 548 g/mol. The van der Waals surface area contributed by atoms with Crippen molar-refractivity contribution in [3.8, 4) is 11.1 Å². The van der Waals surface area contributed by atoms with Crippen molar-refractivity contribution < 1.29 is 13.2 Å². The molecule has 2 aliphatic heterocycles. The Hall–Kier alpha value is -3.06. The van der Waals surface area contributed by atoms with Gasteiger partial charge in [-0.25, -0.2) is 4.98 Å². The number of pyridine rings is 1. The molecule has 1 aromatic heterocycles. The standard InChI is InChI=1S/C33H39F3N4/c34-33(35,36)29-9-11-30(12-10-29)40-17-3-4-23(22-40)18-27-5-1-2-6-31(27)39-32-20-26(14-16-38-32)25-8-7-24-13-15-37-21-28(24)19-25/h7-12,14,16,19-20,23,27,31,37H,1-6,13,15,17-18,21-22H2,(H,38,39)/t23-,27+,31-/m1/s1. The summed E-state index contributed by atoms with van der Waals surface area (Å²) in [5.74, 6) is 2.07. The number of nitrogens with zero attached hydrogens (tertiary/aromatic N) is 2. The third kappa shape index (κ3) is 6.30. The van der Waals surface area contributed by atoms with Crippen LogP contribution in [0, 0.1) is 11.8 Å². The fourth-order valence-corrected chi connectivity index (χ4v) is 7.00. The number of nitrogens with one attached hydrogen (secondary N) is 2. The first-order valence-corrected chi connectivity index (χ1v) is 14.9. The first-order valence-electron chi connectivity index (χ1n) is 14.9. The number of benzene rings is 2. The Balaban J connectivity index is 1.11. The molecule has 7 heteroatoms. The molecule has 3 aliphatic rings. The van der Waals surface area contributed by atoms with Crippen molar-refractivity contribution in [2.75, 3.05) is 29.9 Å². The van der Waals surface area contributed by atoms with Gasteiger partial charge in [-0.2, -0.15) is 13.2 Å². The molecule has 3 atom stereocenters. The highest BCUT2D eigenvalue weighted by molar-refractivity contribution is 5.67. The zero-order valence-electron chi connectivity index (χ0n) is 23.0. The molecule has 2 fully saturated rings. The van der Waals surface area contributed by atoms with E-state index in [1.54, 1.807) is 12.1 Å². The summed E-state index contributed by atoms with van der Waals surface area (Å²) in [7, 11) is 0. The summed E-state index contributed by atoms with van der Waals surface area (Å²) in [6.45, 7) is 3.80. The second-order valence-corrected chi connectivity index (χ2v) is 11.9. The van der Waals surface area contributed by atoms with Gasteiger partial charge in [-0.05, 0) is 122 Å². The van der Waals surface area contributed by atoms with Gasteiger partial charge >= 0.3 is 6.18 Å². The Morgan fingerprint density at radius 3 is 2.58 bits per heavy atom. The van der Waals surface area contributed by atoms with Crippen LogP contribution >= 0.6 is 0 Å². The normalized spacial score (nSPS) is 23.5. The lowest BCUT2D eigenvalue weighted by Crippen LogP contribution is -2.39. The second kappa shape index (κ2) is 11.8. The molecule has 0 radical (unpaired) electrons. The smallest absolute Gasteiger partial charge is 0.371 e. The van der Waals surface area contributed by atoms with Gasteiger partial charge in [0, 0.05) is 37.6 Å². The lowest BCUT2D eigenvalue weighted by atomic mass is 9.77. The van der Waals surface area contributed by atoms with Crippen LogP contribution in [0.15, 0.2) is 60.8 Å². The SMILES string of the molecule is FC(F)(F)c1ccc(N2CCC[C@H](C[C@@H]3CCCC[C@H]3Nc3cc(-c4ccc5c(c4)CNCC5)ccn3)C2)cc1. The van der Waals surface area contributed by atoms with E-state index in [-0.39, 0.29) is 0 Å². The molecular weight excluding hydrogens is 509 g/mol. The molecule has 0 bridgehead atoms. The van der Waals surface area contributed by atoms with Crippen LogP contribution in [0.2, 0.25) is 0 Å². The van der Waals surface area contributed by atoms with Crippen molar-refractivity contribution in [2.24, 2.45) is 11.8 Å². The fourth-order valence-electron chi connectivity index (χ4n) is 7.00. The summed E-state index contributed by atoms with van der Waals surface area (Å²) < 4.78 is 39.1. The predicted octanol–water partition coefficient (Wildman–Crippen LogP) is 7.69. The molecular formula is C33H39F3N4. The van der Waals surface area contributed by atoms with Crippen LogP contribution in [0.1, 0.15) is 61.6 Å². The summed E-state index contributed by atoms with van der Waals surface area (Å²) in [4.78, 5) is 6.97. The van der Waals surface area contributed by atoms with Crippen LogP contribution in [-0.4, -0.2) is 30.7 Å². The van der Waals surface area contributed by atoms with Gasteiger partial charge in [-0.1, -0.05) is 25.0 Å². The van der Waals surface area contributed by atoms with Crippen molar-refractivity contribution in [3.05, 3.63) is 77.5 Å². The van der Waals surface area contributed by atoms with E-state index in [4.69, 9.17) is 4.98 Å². The first kappa shape index (κ1) is 27.1. The third-order valence-electron chi connectivity index (χ3n) is 9.14. The number of hydrogen-bond donors (Lipinski definition) is 2. The van der Waals surface area contributed by atoms with Crippen LogP contribution < -0.4 is 15.5 Å². The van der Waals surface area contributed by atoms with Crippen molar-refractivity contribution in [2.45, 2.75) is 70.1 Å². The van der Waals surface area contributed by atoms with Crippen molar-refractivity contribution in [3.63, 3.8) is 0 Å². The summed E-state index contributed by atoms with van der Waals surface area (Å²) >= 11 is 0. The minimum atomic E-state index is -4.29. The molecule has 3 aromatic rings. The molecule has 1 aliphatic carbocycles. The van der Waals surface area contributed by atoms with Gasteiger partial charge in [-0.15, -0.1) is 0 Å². The molecule has 0 spiro atoms. The Bertz CT molecular complexity index is 1290. The molecule has 2 N–H and O–H groups in total. The van der Waals surface area contributed by atoms with Crippen LogP contribution in [0.25, 0.3) is 11.1 Å². The lowest BCUT2D eigenvalue weighted by Gasteiger charge is -2.39. The number of piperidine rings is 1. The Labute approximate surface area is 235 Å². The highest BCUT2D eigenvalue weighted by Crippen LogP contribution is 2.36. The predicted molar refractivity (Wildman–Crippen MR) is 155 cm³/mol. The van der Waals surface area contributed by atoms with Crippen molar-refractivity contribution >= 4 is 11.5 Å². The Kier molecular flexibility index (Phi) is 8.01. The molecule has 4 nitrogen and oxygen atoms in total. The van der Waals surface area contributed by atoms with Gasteiger partial charge in [0.2, 0.25) is 0 Å². The quantitative estimate of drug-likeness (QED) is 0.331. The van der Waals surface area contributed by atoms with Gasteiger partial charge < -0.3 is 15.5 Å². The maximum absolute atomic E-state index is 13.0. The largest absolute Gasteiger partial charge is 0.416 e. The van der Waals surface area contributed by atoms with Crippen LogP contribution in [0.4, 0.5) is 24.7 Å². The average molecular weight is 549 g/mol. The fraction of sp³-hybridized carbons (Fsp3) is 0.485. The molecule has 212 valence electrons. The Morgan fingerprint density at radius 2 is 1.73 bits per heavy atom. The van der Waals surface area contributed by atoms with Gasteiger partial charge in [-0.3, -0.25) is 0 Å². The van der Waals surface area contributed by atoms with Crippen LogP contribution in [0.3, 0.4) is 0 Å². The number of rotatable bonds is 6. The van der Waals surface area contributed by atoms with E-state index in [9.17, 15) is 13.2 Å². The highest BCUT2D eigenvalue weighted by Gasteiger charge is 2.32. The summed E-state index contributed by atoms with van der Waals surface area (Å²) in [6.07, 6.45) is 6.97. The number of alkyl halides is 3. The number of halogens is 3. The van der Waals surface area contributed by atoms with E-state index in [0.29, 0.717) is 17.9 Å². The molecule has 0 amide bonds. The summed E-state index contributed by atoms with van der Waals surface area (Å²) in [5, 5.41) is 7.29. The molecule has 1 saturated carbocycles. The minimum Gasteiger partial charge on any atom is -0.371 e. The number of anilines is 2. The zero-order valence-corrected chi connectivity index (χ0v) is 23.0. The zero-order chi connectivity index (χ0) is 27.5. The van der Waals surface area contributed by atoms with Gasteiger partial charge in [0.1, 0.15) is 5.82 Å². The van der Waals surface area contributed by atoms with Crippen LogP contribution in [0.5, 0.6) is 0 Å². The summed E-state index contributed by atoms with van der Waals surface area (Å²) in [5.41, 5.74) is 5.58. The molecule has 1 saturated heterocycles. The van der Waals surface area contributed by atoms with Gasteiger partial charge in [0.15, 0.2) is 0 Å². The Morgan fingerprint density at radius 1 is 0.900 bits per heavy atom. The molecule has 3 heterocycles. The topological polar surface area (TPSA) is 40.2 Å². The van der Waals surface area contributed by atoms with E-state index in [1.165, 1.54) is 60.1 Å². The number of hydrogen-bond acceptors (Lipinski definition) is 4. The van der Waals surface area contributed by atoms with Crippen molar-refractivity contribution in [1.82, 2.24) is 10.3 Å². The van der Waals surface area contributed by atoms with E-state index < -0.39 is 11.7 Å². The minimum absolute atomic E-state index is 0.394. The summed E-state index contributed by atoms with van der Waals surface area (Å²) in [6, 6.07) is 17.2. The van der Waals surface area contributed by atoms with Crippen molar-refractivity contribution in [1.29, 1.82) is 0 Å². The van der Waals surface area contributed by atoms with E-state index >= 15 is 0 Å². The maximum Gasteiger partial charge on any atom is 0.416 e. The molecule has 0 unspecified atom stereocenters. The third-order valence-corrected chi connectivity index (χ3v) is 9.14. The molecule has 6 rings (SSSR count). The second-order valence-electron chi connectivity index (χ2n) is 11.9. The number of fused-ring (bicyclic) bond motifs is 1.